The van der Waals surface area contributed by atoms with Crippen molar-refractivity contribution in [2.45, 2.75) is 6.54 Å². The van der Waals surface area contributed by atoms with Gasteiger partial charge in [-0.3, -0.25) is 18.8 Å². The fraction of sp³-hybridized carbons (Fsp3) is 0.556. The number of rotatable bonds is 0. The monoisotopic (exact) mass is 210 g/mol. The maximum absolute atomic E-state index is 11.8. The number of nitrogens with one attached hydrogen (secondary N) is 1. The molecule has 0 atom stereocenters. The lowest BCUT2D eigenvalue weighted by atomic mass is 10.2. The molecule has 6 nitrogen and oxygen atoms in total. The molecule has 1 aromatic rings. The molecule has 0 bridgehead atoms. The zero-order valence-corrected chi connectivity index (χ0v) is 9.07. The van der Waals surface area contributed by atoms with E-state index in [0.29, 0.717) is 24.6 Å². The third-order valence-corrected chi connectivity index (χ3v) is 2.70. The number of hydrogen-bond donors (Lipinski definition) is 1. The van der Waals surface area contributed by atoms with E-state index in [9.17, 15) is 9.59 Å². The van der Waals surface area contributed by atoms with Crippen molar-refractivity contribution < 1.29 is 0 Å². The van der Waals surface area contributed by atoms with E-state index in [1.807, 2.05) is 11.9 Å². The van der Waals surface area contributed by atoms with Gasteiger partial charge >= 0.3 is 5.69 Å². The molecule has 2 rings (SSSR count). The Kier molecular flexibility index (Phi) is 2.15. The lowest BCUT2D eigenvalue weighted by molar-refractivity contribution is 0.332. The first kappa shape index (κ1) is 9.97. The van der Waals surface area contributed by atoms with Gasteiger partial charge in [-0.05, 0) is 7.05 Å². The molecule has 0 radical (unpaired) electrons. The van der Waals surface area contributed by atoms with Crippen LogP contribution in [-0.2, 0) is 20.6 Å². The lowest BCUT2D eigenvalue weighted by Gasteiger charge is -2.27. The number of fused-ring (bicyclic) bond motifs is 1. The van der Waals surface area contributed by atoms with Gasteiger partial charge in [-0.2, -0.15) is 0 Å². The quantitative estimate of drug-likeness (QED) is 0.590. The lowest BCUT2D eigenvalue weighted by Crippen LogP contribution is -2.45. The van der Waals surface area contributed by atoms with Crippen LogP contribution in [0.15, 0.2) is 9.59 Å². The van der Waals surface area contributed by atoms with Crippen LogP contribution in [0.25, 0.3) is 0 Å². The van der Waals surface area contributed by atoms with Crippen LogP contribution < -0.4 is 16.6 Å². The summed E-state index contributed by atoms with van der Waals surface area (Å²) in [7, 11) is 5.08. The second kappa shape index (κ2) is 3.23. The predicted molar refractivity (Wildman–Crippen MR) is 56.9 cm³/mol. The smallest absolute Gasteiger partial charge is 0.332 e. The van der Waals surface area contributed by atoms with Gasteiger partial charge in [-0.1, -0.05) is 0 Å². The minimum absolute atomic E-state index is 0.216. The van der Waals surface area contributed by atoms with E-state index >= 15 is 0 Å². The topological polar surface area (TPSA) is 59.3 Å². The molecular formula is C9H14N4O2. The fourth-order valence-corrected chi connectivity index (χ4v) is 1.82. The highest BCUT2D eigenvalue weighted by Crippen LogP contribution is 2.14. The Morgan fingerprint density at radius 3 is 2.47 bits per heavy atom. The Morgan fingerprint density at radius 1 is 1.13 bits per heavy atom. The van der Waals surface area contributed by atoms with E-state index < -0.39 is 0 Å². The highest BCUT2D eigenvalue weighted by Gasteiger charge is 2.20. The molecule has 82 valence electrons. The summed E-state index contributed by atoms with van der Waals surface area (Å²) < 4.78 is 2.61. The highest BCUT2D eigenvalue weighted by molar-refractivity contribution is 5.45. The van der Waals surface area contributed by atoms with Crippen LogP contribution in [0, 0.1) is 0 Å². The Morgan fingerprint density at radius 2 is 1.80 bits per heavy atom. The summed E-state index contributed by atoms with van der Waals surface area (Å²) in [6.07, 6.45) is 0. The average Bonchev–Trinajstić information content (AvgIpc) is 2.23. The molecule has 6 heteroatoms. The van der Waals surface area contributed by atoms with Crippen LogP contribution in [0.2, 0.25) is 0 Å². The van der Waals surface area contributed by atoms with Crippen molar-refractivity contribution in [2.75, 3.05) is 19.0 Å². The van der Waals surface area contributed by atoms with Gasteiger partial charge < -0.3 is 5.32 Å². The van der Waals surface area contributed by atoms with Crippen molar-refractivity contribution in [3.8, 4) is 0 Å². The van der Waals surface area contributed by atoms with Crippen molar-refractivity contribution in [1.29, 1.82) is 0 Å². The van der Waals surface area contributed by atoms with Crippen LogP contribution in [0.1, 0.15) is 5.56 Å². The summed E-state index contributed by atoms with van der Waals surface area (Å²) in [5.41, 5.74) is 0.135. The van der Waals surface area contributed by atoms with Crippen molar-refractivity contribution in [3.05, 3.63) is 26.4 Å². The molecule has 0 aliphatic carbocycles. The molecule has 0 saturated carbocycles. The van der Waals surface area contributed by atoms with E-state index in [1.165, 1.54) is 11.6 Å². The summed E-state index contributed by atoms with van der Waals surface area (Å²) >= 11 is 0. The Balaban J connectivity index is 2.77. The van der Waals surface area contributed by atoms with Gasteiger partial charge in [0.2, 0.25) is 0 Å². The molecule has 0 unspecified atom stereocenters. The molecule has 0 spiro atoms. The van der Waals surface area contributed by atoms with Gasteiger partial charge in [-0.15, -0.1) is 0 Å². The zero-order chi connectivity index (χ0) is 11.2. The zero-order valence-electron chi connectivity index (χ0n) is 9.07. The molecule has 1 aromatic heterocycles. The first-order valence-corrected chi connectivity index (χ1v) is 4.73. The van der Waals surface area contributed by atoms with Gasteiger partial charge in [0.25, 0.3) is 5.56 Å². The van der Waals surface area contributed by atoms with Crippen LogP contribution in [0.4, 0.5) is 5.82 Å². The number of nitrogens with zero attached hydrogens (tertiary/aromatic N) is 3. The summed E-state index contributed by atoms with van der Waals surface area (Å²) in [5, 5.41) is 3.07. The second-order valence-electron chi connectivity index (χ2n) is 3.88. The second-order valence-corrected chi connectivity index (χ2v) is 3.88. The van der Waals surface area contributed by atoms with Crippen LogP contribution >= 0.6 is 0 Å². The van der Waals surface area contributed by atoms with Gasteiger partial charge in [-0.25, -0.2) is 4.79 Å². The number of anilines is 1. The Bertz CT molecular complexity index is 514. The van der Waals surface area contributed by atoms with E-state index in [4.69, 9.17) is 0 Å². The number of aromatic nitrogens is 2. The first-order chi connectivity index (χ1) is 7.02. The first-order valence-electron chi connectivity index (χ1n) is 4.73. The summed E-state index contributed by atoms with van der Waals surface area (Å²) in [6, 6.07) is 0. The molecule has 1 N–H and O–H groups in total. The van der Waals surface area contributed by atoms with Crippen molar-refractivity contribution in [2.24, 2.45) is 14.1 Å². The molecule has 0 saturated heterocycles. The molecule has 15 heavy (non-hydrogen) atoms. The largest absolute Gasteiger partial charge is 0.358 e. The van der Waals surface area contributed by atoms with Crippen LogP contribution in [-0.4, -0.2) is 27.8 Å². The minimum atomic E-state index is -0.296. The standard InChI is InChI=1S/C9H14N4O2/c1-11-4-6-7(10-5-11)12(2)9(15)13(3)8(6)14/h10H,4-5H2,1-3H3. The minimum Gasteiger partial charge on any atom is -0.358 e. The fourth-order valence-electron chi connectivity index (χ4n) is 1.82. The Labute approximate surface area is 86.7 Å². The SMILES string of the molecule is CN1CNc2c(c(=O)n(C)c(=O)n2C)C1. The predicted octanol–water partition coefficient (Wildman–Crippen LogP) is -1.10. The maximum atomic E-state index is 11.8. The van der Waals surface area contributed by atoms with E-state index in [1.54, 1.807) is 7.05 Å². The third-order valence-electron chi connectivity index (χ3n) is 2.70. The van der Waals surface area contributed by atoms with Crippen molar-refractivity contribution >= 4 is 5.82 Å². The molecule has 0 amide bonds. The molecular weight excluding hydrogens is 196 g/mol. The molecule has 2 heterocycles. The molecule has 0 fully saturated rings. The van der Waals surface area contributed by atoms with Gasteiger partial charge in [0.1, 0.15) is 5.82 Å². The van der Waals surface area contributed by atoms with Crippen molar-refractivity contribution in [1.82, 2.24) is 14.0 Å². The molecule has 1 aliphatic rings. The van der Waals surface area contributed by atoms with E-state index in [0.717, 1.165) is 4.57 Å². The average molecular weight is 210 g/mol. The third kappa shape index (κ3) is 1.37. The van der Waals surface area contributed by atoms with E-state index in [2.05, 4.69) is 5.32 Å². The maximum Gasteiger partial charge on any atom is 0.332 e. The Hall–Kier alpha value is -1.56. The number of hydrogen-bond acceptors (Lipinski definition) is 4. The van der Waals surface area contributed by atoms with Gasteiger partial charge in [0, 0.05) is 20.6 Å². The normalized spacial score (nSPS) is 15.9. The highest BCUT2D eigenvalue weighted by atomic mass is 16.2. The summed E-state index contributed by atoms with van der Waals surface area (Å²) in [4.78, 5) is 25.4. The molecule has 1 aliphatic heterocycles. The van der Waals surface area contributed by atoms with Gasteiger partial charge in [0.05, 0.1) is 12.2 Å². The van der Waals surface area contributed by atoms with E-state index in [-0.39, 0.29) is 11.2 Å². The molecule has 0 aromatic carbocycles. The van der Waals surface area contributed by atoms with Crippen LogP contribution in [0.3, 0.4) is 0 Å². The van der Waals surface area contributed by atoms with Gasteiger partial charge in [0.15, 0.2) is 0 Å². The summed E-state index contributed by atoms with van der Waals surface area (Å²) in [6.45, 7) is 1.22. The van der Waals surface area contributed by atoms with Crippen molar-refractivity contribution in [3.63, 3.8) is 0 Å². The summed E-state index contributed by atoms with van der Waals surface area (Å²) in [5.74, 6) is 0.640. The van der Waals surface area contributed by atoms with Crippen LogP contribution in [0.5, 0.6) is 0 Å².